The first-order chi connectivity index (χ1) is 10.8. The Bertz CT molecular complexity index is 559. The van der Waals surface area contributed by atoms with Crippen molar-refractivity contribution in [3.8, 4) is 0 Å². The van der Waals surface area contributed by atoms with Crippen LogP contribution in [0, 0.1) is 0 Å². The van der Waals surface area contributed by atoms with Gasteiger partial charge in [0, 0.05) is 24.5 Å². The molecule has 0 unspecified atom stereocenters. The van der Waals surface area contributed by atoms with E-state index < -0.39 is 6.03 Å². The van der Waals surface area contributed by atoms with Crippen molar-refractivity contribution in [2.45, 2.75) is 51.6 Å². The molecule has 1 saturated heterocycles. The molecule has 1 aliphatic heterocycles. The monoisotopic (exact) mass is 320 g/mol. The van der Waals surface area contributed by atoms with Crippen LogP contribution in [0.1, 0.15) is 51.8 Å². The van der Waals surface area contributed by atoms with Gasteiger partial charge in [-0.1, -0.05) is 6.42 Å². The Labute approximate surface area is 138 Å². The molecule has 6 nitrogen and oxygen atoms in total. The van der Waals surface area contributed by atoms with E-state index in [9.17, 15) is 9.59 Å². The highest BCUT2D eigenvalue weighted by Crippen LogP contribution is 2.30. The molecule has 128 valence electrons. The zero-order valence-electron chi connectivity index (χ0n) is 14.6. The number of hydrogen-bond acceptors (Lipinski definition) is 3. The van der Waals surface area contributed by atoms with E-state index >= 15 is 0 Å². The maximum Gasteiger partial charge on any atom is 0.321 e. The molecule has 0 aromatic carbocycles. The topological polar surface area (TPSA) is 66.4 Å². The van der Waals surface area contributed by atoms with E-state index in [1.807, 2.05) is 40.1 Å². The number of rotatable bonds is 3. The van der Waals surface area contributed by atoms with Crippen LogP contribution in [0.15, 0.2) is 18.3 Å². The number of amides is 3. The van der Waals surface area contributed by atoms with E-state index in [4.69, 9.17) is 0 Å². The van der Waals surface area contributed by atoms with Crippen LogP contribution in [0.3, 0.4) is 0 Å². The Balaban J connectivity index is 1.95. The van der Waals surface area contributed by atoms with Gasteiger partial charge in [-0.25, -0.2) is 4.79 Å². The highest BCUT2D eigenvalue weighted by molar-refractivity contribution is 5.95. The van der Waals surface area contributed by atoms with Crippen molar-refractivity contribution in [2.75, 3.05) is 13.1 Å². The van der Waals surface area contributed by atoms with Crippen molar-refractivity contribution in [2.24, 2.45) is 7.05 Å². The Morgan fingerprint density at radius 1 is 1.30 bits per heavy atom. The summed E-state index contributed by atoms with van der Waals surface area (Å²) in [5.74, 6) is -0.257. The summed E-state index contributed by atoms with van der Waals surface area (Å²) in [6.45, 7) is 6.77. The number of carbonyl (C=O) groups excluding carboxylic acids is 2. The lowest BCUT2D eigenvalue weighted by molar-refractivity contribution is -0.122. The maximum atomic E-state index is 12.2. The molecule has 0 spiro atoms. The summed E-state index contributed by atoms with van der Waals surface area (Å²) in [7, 11) is 2.03. The van der Waals surface area contributed by atoms with Gasteiger partial charge in [-0.2, -0.15) is 0 Å². The van der Waals surface area contributed by atoms with Gasteiger partial charge in [0.25, 0.3) is 0 Å². The molecule has 0 bridgehead atoms. The summed E-state index contributed by atoms with van der Waals surface area (Å²) in [4.78, 5) is 26.2. The van der Waals surface area contributed by atoms with Crippen LogP contribution >= 0.6 is 0 Å². The van der Waals surface area contributed by atoms with Crippen LogP contribution in [0.2, 0.25) is 0 Å². The summed E-state index contributed by atoms with van der Waals surface area (Å²) >= 11 is 0. The second-order valence-corrected chi connectivity index (χ2v) is 7.28. The number of aromatic nitrogens is 1. The molecule has 2 rings (SSSR count). The summed E-state index contributed by atoms with van der Waals surface area (Å²) in [6.07, 6.45) is 5.32. The smallest absolute Gasteiger partial charge is 0.321 e. The first kappa shape index (κ1) is 17.5. The molecule has 1 fully saturated rings. The molecule has 0 radical (unpaired) electrons. The van der Waals surface area contributed by atoms with Gasteiger partial charge < -0.3 is 9.88 Å². The summed E-state index contributed by atoms with van der Waals surface area (Å²) in [5, 5.41) is 5.17. The van der Waals surface area contributed by atoms with Crippen LogP contribution in [0.4, 0.5) is 4.79 Å². The third-order valence-electron chi connectivity index (χ3n) is 4.03. The van der Waals surface area contributed by atoms with Gasteiger partial charge in [-0.3, -0.25) is 15.0 Å². The lowest BCUT2D eigenvalue weighted by Gasteiger charge is -2.35. The Hall–Kier alpha value is -1.82. The highest BCUT2D eigenvalue weighted by Gasteiger charge is 2.27. The summed E-state index contributed by atoms with van der Waals surface area (Å²) in [5.41, 5.74) is 0.859. The van der Waals surface area contributed by atoms with Gasteiger partial charge >= 0.3 is 6.03 Å². The molecule has 6 heteroatoms. The molecule has 1 aromatic heterocycles. The first-order valence-corrected chi connectivity index (χ1v) is 8.23. The van der Waals surface area contributed by atoms with Crippen molar-refractivity contribution in [3.63, 3.8) is 0 Å². The highest BCUT2D eigenvalue weighted by atomic mass is 16.2. The Morgan fingerprint density at radius 2 is 2.04 bits per heavy atom. The van der Waals surface area contributed by atoms with Crippen molar-refractivity contribution >= 4 is 11.9 Å². The molecule has 23 heavy (non-hydrogen) atoms. The van der Waals surface area contributed by atoms with Crippen LogP contribution in [-0.4, -0.2) is 40.0 Å². The molecule has 1 aromatic rings. The molecular formula is C17H28N4O2. The fraction of sp³-hybridized carbons (Fsp3) is 0.647. The van der Waals surface area contributed by atoms with Gasteiger partial charge in [0.05, 0.1) is 12.6 Å². The number of hydrogen-bond donors (Lipinski definition) is 2. The van der Waals surface area contributed by atoms with Crippen molar-refractivity contribution < 1.29 is 9.59 Å². The molecule has 0 saturated carbocycles. The number of imide groups is 1. The van der Waals surface area contributed by atoms with Crippen molar-refractivity contribution in [3.05, 3.63) is 24.0 Å². The average Bonchev–Trinajstić information content (AvgIpc) is 2.83. The number of likely N-dealkylation sites (tertiary alicyclic amines) is 1. The minimum atomic E-state index is -0.435. The van der Waals surface area contributed by atoms with Gasteiger partial charge in [-0.15, -0.1) is 0 Å². The Kier molecular flexibility index (Phi) is 5.46. The van der Waals surface area contributed by atoms with Gasteiger partial charge in [0.2, 0.25) is 5.91 Å². The number of carbonyl (C=O) groups is 2. The van der Waals surface area contributed by atoms with Crippen molar-refractivity contribution in [1.82, 2.24) is 20.1 Å². The zero-order valence-corrected chi connectivity index (χ0v) is 14.6. The van der Waals surface area contributed by atoms with Crippen LogP contribution in [-0.2, 0) is 11.8 Å². The SMILES string of the molecule is Cn1cccc1[C@@H]1CCCCN1CC(=O)NC(=O)NC(C)(C)C. The third kappa shape index (κ3) is 5.10. The summed E-state index contributed by atoms with van der Waals surface area (Å²) < 4.78 is 2.10. The van der Waals surface area contributed by atoms with Crippen LogP contribution < -0.4 is 10.6 Å². The quantitative estimate of drug-likeness (QED) is 0.897. The standard InChI is InChI=1S/C17H28N4O2/c1-17(2,3)19-16(23)18-15(22)12-21-11-6-5-8-14(21)13-9-7-10-20(13)4/h7,9-10,14H,5-6,8,11-12H2,1-4H3,(H2,18,19,22,23)/t14-/m0/s1. The van der Waals surface area contributed by atoms with Crippen LogP contribution in [0.5, 0.6) is 0 Å². The van der Waals surface area contributed by atoms with Gasteiger partial charge in [0.1, 0.15) is 0 Å². The number of urea groups is 1. The number of nitrogens with one attached hydrogen (secondary N) is 2. The van der Waals surface area contributed by atoms with Gasteiger partial charge in [0.15, 0.2) is 0 Å². The predicted molar refractivity (Wildman–Crippen MR) is 90.0 cm³/mol. The van der Waals surface area contributed by atoms with E-state index in [0.29, 0.717) is 0 Å². The van der Waals surface area contributed by atoms with E-state index in [-0.39, 0.29) is 24.0 Å². The van der Waals surface area contributed by atoms with Crippen LogP contribution in [0.25, 0.3) is 0 Å². The predicted octanol–water partition coefficient (Wildman–Crippen LogP) is 2.18. The lowest BCUT2D eigenvalue weighted by Crippen LogP contribution is -2.51. The molecule has 0 aliphatic carbocycles. The second-order valence-electron chi connectivity index (χ2n) is 7.28. The fourth-order valence-electron chi connectivity index (χ4n) is 3.06. The third-order valence-corrected chi connectivity index (χ3v) is 4.03. The molecular weight excluding hydrogens is 292 g/mol. The molecule has 2 N–H and O–H groups in total. The maximum absolute atomic E-state index is 12.2. The molecule has 3 amide bonds. The fourth-order valence-corrected chi connectivity index (χ4v) is 3.06. The van der Waals surface area contributed by atoms with E-state index in [1.54, 1.807) is 0 Å². The van der Waals surface area contributed by atoms with Gasteiger partial charge in [-0.05, 0) is 52.3 Å². The van der Waals surface area contributed by atoms with Crippen molar-refractivity contribution in [1.29, 1.82) is 0 Å². The summed E-state index contributed by atoms with van der Waals surface area (Å²) in [6, 6.07) is 3.93. The minimum Gasteiger partial charge on any atom is -0.353 e. The molecule has 2 heterocycles. The number of piperidine rings is 1. The first-order valence-electron chi connectivity index (χ1n) is 8.23. The average molecular weight is 320 g/mol. The zero-order chi connectivity index (χ0) is 17.0. The normalized spacial score (nSPS) is 19.4. The van der Waals surface area contributed by atoms with E-state index in [0.717, 1.165) is 19.4 Å². The molecule has 1 aliphatic rings. The second kappa shape index (κ2) is 7.17. The molecule has 1 atom stereocenters. The largest absolute Gasteiger partial charge is 0.353 e. The lowest BCUT2D eigenvalue weighted by atomic mass is 9.99. The van der Waals surface area contributed by atoms with E-state index in [2.05, 4.69) is 26.2 Å². The number of aryl methyl sites for hydroxylation is 1. The Morgan fingerprint density at radius 3 is 2.65 bits per heavy atom. The van der Waals surface area contributed by atoms with E-state index in [1.165, 1.54) is 12.1 Å². The number of nitrogens with zero attached hydrogens (tertiary/aromatic N) is 2. The minimum absolute atomic E-state index is 0.236.